The molecule has 0 unspecified atom stereocenters. The van der Waals surface area contributed by atoms with E-state index in [0.717, 1.165) is 17.8 Å². The summed E-state index contributed by atoms with van der Waals surface area (Å²) in [5, 5.41) is 13.0. The van der Waals surface area contributed by atoms with Crippen LogP contribution in [-0.4, -0.2) is 49.2 Å². The molecule has 0 saturated heterocycles. The predicted molar refractivity (Wildman–Crippen MR) is 87.6 cm³/mol. The van der Waals surface area contributed by atoms with Crippen molar-refractivity contribution in [3.8, 4) is 0 Å². The number of hydrogen-bond acceptors (Lipinski definition) is 6. The molecule has 0 saturated carbocycles. The smallest absolute Gasteiger partial charge is 0.284 e. The van der Waals surface area contributed by atoms with Gasteiger partial charge in [-0.15, -0.1) is 15.3 Å². The maximum Gasteiger partial charge on any atom is 0.284 e. The maximum atomic E-state index is 12.5. The molecule has 0 atom stereocenters. The van der Waals surface area contributed by atoms with Crippen molar-refractivity contribution in [3.05, 3.63) is 40.9 Å². The third kappa shape index (κ3) is 3.21. The maximum absolute atomic E-state index is 12.5. The third-order valence-electron chi connectivity index (χ3n) is 3.55. The fraction of sp³-hybridized carbons (Fsp3) is 0.400. The Morgan fingerprint density at radius 2 is 2.04 bits per heavy atom. The van der Waals surface area contributed by atoms with Crippen LogP contribution in [-0.2, 0) is 6.42 Å². The van der Waals surface area contributed by atoms with E-state index in [1.54, 1.807) is 28.9 Å². The summed E-state index contributed by atoms with van der Waals surface area (Å²) >= 11 is 1.27. The zero-order valence-electron chi connectivity index (χ0n) is 13.3. The van der Waals surface area contributed by atoms with Gasteiger partial charge in [0.15, 0.2) is 5.82 Å². The van der Waals surface area contributed by atoms with Crippen LogP contribution in [0.15, 0.2) is 24.5 Å². The molecule has 7 nitrogen and oxygen atoms in total. The molecule has 0 aliphatic heterocycles. The number of hydrogen-bond donors (Lipinski definition) is 0. The molecular weight excluding hydrogens is 312 g/mol. The first-order valence-corrected chi connectivity index (χ1v) is 8.24. The molecule has 8 heteroatoms. The highest BCUT2D eigenvalue weighted by Crippen LogP contribution is 2.19. The molecule has 0 bridgehead atoms. The van der Waals surface area contributed by atoms with Crippen molar-refractivity contribution in [3.63, 3.8) is 0 Å². The number of nitrogens with zero attached hydrogens (tertiary/aromatic N) is 6. The number of carbonyl (C=O) groups is 1. The molecule has 3 aromatic heterocycles. The van der Waals surface area contributed by atoms with Gasteiger partial charge in [-0.3, -0.25) is 9.78 Å². The molecule has 3 aromatic rings. The SMILES string of the molecule is CC(C)c1nnc2sc(C(=O)N(C)CCc3ccncc3)nn12. The normalized spacial score (nSPS) is 11.3. The Hall–Kier alpha value is -2.35. The average Bonchev–Trinajstić information content (AvgIpc) is 3.12. The van der Waals surface area contributed by atoms with Gasteiger partial charge in [-0.05, 0) is 24.1 Å². The number of fused-ring (bicyclic) bond motifs is 1. The highest BCUT2D eigenvalue weighted by Gasteiger charge is 2.20. The number of rotatable bonds is 5. The van der Waals surface area contributed by atoms with Crippen molar-refractivity contribution in [2.75, 3.05) is 13.6 Å². The summed E-state index contributed by atoms with van der Waals surface area (Å²) in [5.74, 6) is 0.887. The van der Waals surface area contributed by atoms with Crippen molar-refractivity contribution in [2.45, 2.75) is 26.2 Å². The van der Waals surface area contributed by atoms with E-state index >= 15 is 0 Å². The van der Waals surface area contributed by atoms with E-state index in [4.69, 9.17) is 0 Å². The molecular formula is C15H18N6OS. The molecule has 0 fully saturated rings. The topological polar surface area (TPSA) is 76.3 Å². The fourth-order valence-corrected chi connectivity index (χ4v) is 3.03. The van der Waals surface area contributed by atoms with E-state index in [1.165, 1.54) is 11.3 Å². The van der Waals surface area contributed by atoms with Crippen LogP contribution in [0.1, 0.15) is 41.0 Å². The van der Waals surface area contributed by atoms with Crippen molar-refractivity contribution >= 4 is 22.2 Å². The van der Waals surface area contributed by atoms with E-state index in [2.05, 4.69) is 20.3 Å². The van der Waals surface area contributed by atoms with Crippen LogP contribution in [0.5, 0.6) is 0 Å². The standard InChI is InChI=1S/C15H18N6OS/c1-10(2)12-17-18-15-21(12)19-13(23-15)14(22)20(3)9-6-11-4-7-16-8-5-11/h4-5,7-8,10H,6,9H2,1-3H3. The Morgan fingerprint density at radius 3 is 2.74 bits per heavy atom. The minimum absolute atomic E-state index is 0.0933. The first-order chi connectivity index (χ1) is 11.1. The highest BCUT2D eigenvalue weighted by atomic mass is 32.1. The van der Waals surface area contributed by atoms with Gasteiger partial charge in [-0.2, -0.15) is 4.52 Å². The van der Waals surface area contributed by atoms with Gasteiger partial charge in [-0.25, -0.2) is 0 Å². The van der Waals surface area contributed by atoms with Crippen molar-refractivity contribution < 1.29 is 4.79 Å². The number of likely N-dealkylation sites (N-methyl/N-ethyl adjacent to an activating group) is 1. The van der Waals surface area contributed by atoms with Gasteiger partial charge >= 0.3 is 0 Å². The summed E-state index contributed by atoms with van der Waals surface area (Å²) in [6.07, 6.45) is 4.30. The van der Waals surface area contributed by atoms with Gasteiger partial charge in [0.1, 0.15) is 0 Å². The van der Waals surface area contributed by atoms with Crippen LogP contribution < -0.4 is 0 Å². The minimum atomic E-state index is -0.0933. The molecule has 0 spiro atoms. The third-order valence-corrected chi connectivity index (χ3v) is 4.43. The van der Waals surface area contributed by atoms with Crippen LogP contribution in [0.4, 0.5) is 0 Å². The monoisotopic (exact) mass is 330 g/mol. The Kier molecular flexibility index (Phi) is 4.33. The number of carbonyl (C=O) groups excluding carboxylic acids is 1. The van der Waals surface area contributed by atoms with Gasteiger partial charge in [0, 0.05) is 31.9 Å². The molecule has 23 heavy (non-hydrogen) atoms. The first kappa shape index (κ1) is 15.5. The van der Waals surface area contributed by atoms with E-state index in [-0.39, 0.29) is 11.8 Å². The van der Waals surface area contributed by atoms with Gasteiger partial charge in [0.05, 0.1) is 0 Å². The molecule has 0 N–H and O–H groups in total. The lowest BCUT2D eigenvalue weighted by Crippen LogP contribution is -2.29. The zero-order chi connectivity index (χ0) is 16.4. The minimum Gasteiger partial charge on any atom is -0.339 e. The molecule has 0 aromatic carbocycles. The number of amides is 1. The molecule has 3 rings (SSSR count). The molecule has 1 amide bonds. The van der Waals surface area contributed by atoms with E-state index < -0.39 is 0 Å². The average molecular weight is 330 g/mol. The second-order valence-corrected chi connectivity index (χ2v) is 6.60. The summed E-state index contributed by atoms with van der Waals surface area (Å²) < 4.78 is 1.67. The Labute approximate surface area is 138 Å². The Morgan fingerprint density at radius 1 is 1.30 bits per heavy atom. The number of aromatic nitrogens is 5. The highest BCUT2D eigenvalue weighted by molar-refractivity contribution is 7.18. The zero-order valence-corrected chi connectivity index (χ0v) is 14.1. The second kappa shape index (κ2) is 6.41. The Balaban J connectivity index is 1.72. The fourth-order valence-electron chi connectivity index (χ4n) is 2.19. The number of pyridine rings is 1. The summed E-state index contributed by atoms with van der Waals surface area (Å²) in [6, 6.07) is 3.91. The summed E-state index contributed by atoms with van der Waals surface area (Å²) in [5.41, 5.74) is 1.15. The van der Waals surface area contributed by atoms with Crippen LogP contribution in [0.2, 0.25) is 0 Å². The van der Waals surface area contributed by atoms with Gasteiger partial charge in [-0.1, -0.05) is 25.2 Å². The quantitative estimate of drug-likeness (QED) is 0.715. The molecule has 3 heterocycles. The summed E-state index contributed by atoms with van der Waals surface area (Å²) in [4.78, 5) is 18.8. The first-order valence-electron chi connectivity index (χ1n) is 7.42. The van der Waals surface area contributed by atoms with Crippen LogP contribution >= 0.6 is 11.3 Å². The Bertz CT molecular complexity index is 810. The molecule has 0 aliphatic rings. The van der Waals surface area contributed by atoms with Crippen LogP contribution in [0, 0.1) is 0 Å². The van der Waals surface area contributed by atoms with E-state index in [0.29, 0.717) is 16.5 Å². The summed E-state index contributed by atoms with van der Waals surface area (Å²) in [6.45, 7) is 4.68. The van der Waals surface area contributed by atoms with Gasteiger partial charge in [0.25, 0.3) is 5.91 Å². The lowest BCUT2D eigenvalue weighted by Gasteiger charge is -2.15. The van der Waals surface area contributed by atoms with Crippen molar-refractivity contribution in [1.29, 1.82) is 0 Å². The lowest BCUT2D eigenvalue weighted by atomic mass is 10.2. The lowest BCUT2D eigenvalue weighted by molar-refractivity contribution is 0.0795. The van der Waals surface area contributed by atoms with Gasteiger partial charge in [0.2, 0.25) is 9.97 Å². The predicted octanol–water partition coefficient (Wildman–Crippen LogP) is 2.02. The van der Waals surface area contributed by atoms with Gasteiger partial charge < -0.3 is 4.90 Å². The van der Waals surface area contributed by atoms with E-state index in [9.17, 15) is 4.79 Å². The second-order valence-electron chi connectivity index (χ2n) is 5.65. The molecule has 0 radical (unpaired) electrons. The van der Waals surface area contributed by atoms with Crippen LogP contribution in [0.25, 0.3) is 4.96 Å². The summed E-state index contributed by atoms with van der Waals surface area (Å²) in [7, 11) is 1.79. The molecule has 120 valence electrons. The van der Waals surface area contributed by atoms with Crippen LogP contribution in [0.3, 0.4) is 0 Å². The van der Waals surface area contributed by atoms with E-state index in [1.807, 2.05) is 26.0 Å². The largest absolute Gasteiger partial charge is 0.339 e. The van der Waals surface area contributed by atoms with Crippen molar-refractivity contribution in [1.82, 2.24) is 29.7 Å². The van der Waals surface area contributed by atoms with Crippen molar-refractivity contribution in [2.24, 2.45) is 0 Å². The molecule has 0 aliphatic carbocycles.